The van der Waals surface area contributed by atoms with Gasteiger partial charge in [-0.3, -0.25) is 4.79 Å². The summed E-state index contributed by atoms with van der Waals surface area (Å²) in [6.07, 6.45) is 0.740. The van der Waals surface area contributed by atoms with Gasteiger partial charge in [-0.15, -0.1) is 0 Å². The van der Waals surface area contributed by atoms with Gasteiger partial charge in [-0.1, -0.05) is 17.3 Å². The van der Waals surface area contributed by atoms with Crippen molar-refractivity contribution in [2.45, 2.75) is 32.0 Å². The minimum Gasteiger partial charge on any atom is -0.377 e. The van der Waals surface area contributed by atoms with E-state index >= 15 is 0 Å². The van der Waals surface area contributed by atoms with Crippen LogP contribution in [0.4, 0.5) is 5.69 Å². The van der Waals surface area contributed by atoms with Crippen LogP contribution in [-0.4, -0.2) is 36.9 Å². The molecule has 0 saturated carbocycles. The first-order valence-corrected chi connectivity index (χ1v) is 8.21. The van der Waals surface area contributed by atoms with E-state index in [2.05, 4.69) is 15.8 Å². The SMILES string of the molecule is COCc1cc(CC2(NCc3ccc(NC(C)=O)cc3)COC2)no1. The van der Waals surface area contributed by atoms with Crippen LogP contribution in [0.1, 0.15) is 23.9 Å². The van der Waals surface area contributed by atoms with E-state index in [0.717, 1.165) is 29.1 Å². The predicted molar refractivity (Wildman–Crippen MR) is 92.1 cm³/mol. The molecule has 1 aromatic carbocycles. The molecule has 2 heterocycles. The standard InChI is InChI=1S/C18H23N3O4/c1-13(22)20-15-5-3-14(4-6-15)9-19-18(11-24-12-18)8-16-7-17(10-23-2)25-21-16/h3-7,19H,8-12H2,1-2H3,(H,20,22). The van der Waals surface area contributed by atoms with Gasteiger partial charge in [0.1, 0.15) is 6.61 Å². The summed E-state index contributed by atoms with van der Waals surface area (Å²) in [5, 5.41) is 10.4. The summed E-state index contributed by atoms with van der Waals surface area (Å²) in [5.74, 6) is 0.651. The molecule has 1 aromatic heterocycles. The molecule has 0 bridgehead atoms. The number of aromatic nitrogens is 1. The van der Waals surface area contributed by atoms with E-state index in [9.17, 15) is 4.79 Å². The lowest BCUT2D eigenvalue weighted by Gasteiger charge is -2.42. The fourth-order valence-corrected chi connectivity index (χ4v) is 2.81. The van der Waals surface area contributed by atoms with Gasteiger partial charge in [0.15, 0.2) is 5.76 Å². The maximum Gasteiger partial charge on any atom is 0.221 e. The number of carbonyl (C=O) groups excluding carboxylic acids is 1. The maximum atomic E-state index is 11.1. The van der Waals surface area contributed by atoms with Gasteiger partial charge in [-0.2, -0.15) is 0 Å². The first-order valence-electron chi connectivity index (χ1n) is 8.21. The highest BCUT2D eigenvalue weighted by atomic mass is 16.5. The van der Waals surface area contributed by atoms with Crippen LogP contribution in [0.5, 0.6) is 0 Å². The van der Waals surface area contributed by atoms with Gasteiger partial charge >= 0.3 is 0 Å². The minimum absolute atomic E-state index is 0.0723. The minimum atomic E-state index is -0.127. The van der Waals surface area contributed by atoms with Crippen molar-refractivity contribution >= 4 is 11.6 Å². The van der Waals surface area contributed by atoms with Crippen molar-refractivity contribution in [2.75, 3.05) is 25.6 Å². The summed E-state index contributed by atoms with van der Waals surface area (Å²) in [6.45, 7) is 3.92. The molecule has 7 nitrogen and oxygen atoms in total. The number of ether oxygens (including phenoxy) is 2. The van der Waals surface area contributed by atoms with Crippen molar-refractivity contribution < 1.29 is 18.8 Å². The van der Waals surface area contributed by atoms with Crippen molar-refractivity contribution in [3.05, 3.63) is 47.3 Å². The number of nitrogens with zero attached hydrogens (tertiary/aromatic N) is 1. The molecule has 25 heavy (non-hydrogen) atoms. The molecule has 2 aromatic rings. The van der Waals surface area contributed by atoms with Gasteiger partial charge < -0.3 is 24.6 Å². The Morgan fingerprint density at radius 2 is 2.08 bits per heavy atom. The lowest BCUT2D eigenvalue weighted by molar-refractivity contribution is -0.114. The molecular weight excluding hydrogens is 322 g/mol. The number of anilines is 1. The molecule has 1 aliphatic rings. The van der Waals surface area contributed by atoms with E-state index in [1.54, 1.807) is 7.11 Å². The molecule has 1 amide bonds. The average Bonchev–Trinajstić information content (AvgIpc) is 2.98. The first kappa shape index (κ1) is 17.6. The third kappa shape index (κ3) is 4.66. The Labute approximate surface area is 146 Å². The van der Waals surface area contributed by atoms with E-state index < -0.39 is 0 Å². The third-order valence-corrected chi connectivity index (χ3v) is 4.11. The van der Waals surface area contributed by atoms with Crippen LogP contribution in [0.15, 0.2) is 34.9 Å². The predicted octanol–water partition coefficient (Wildman–Crippen LogP) is 1.88. The third-order valence-electron chi connectivity index (χ3n) is 4.11. The zero-order valence-electron chi connectivity index (χ0n) is 14.5. The smallest absolute Gasteiger partial charge is 0.221 e. The molecule has 3 rings (SSSR count). The molecule has 1 aliphatic heterocycles. The highest BCUT2D eigenvalue weighted by molar-refractivity contribution is 5.88. The Hall–Kier alpha value is -2.22. The number of carbonyl (C=O) groups is 1. The molecule has 1 saturated heterocycles. The Morgan fingerprint density at radius 3 is 2.68 bits per heavy atom. The molecule has 1 fully saturated rings. The van der Waals surface area contributed by atoms with Crippen LogP contribution in [0, 0.1) is 0 Å². The average molecular weight is 345 g/mol. The number of hydrogen-bond acceptors (Lipinski definition) is 6. The summed E-state index contributed by atoms with van der Waals surface area (Å²) >= 11 is 0. The lowest BCUT2D eigenvalue weighted by Crippen LogP contribution is -2.61. The van der Waals surface area contributed by atoms with E-state index in [-0.39, 0.29) is 11.4 Å². The summed E-state index contributed by atoms with van der Waals surface area (Å²) < 4.78 is 15.7. The normalized spacial score (nSPS) is 15.6. The quantitative estimate of drug-likeness (QED) is 0.760. The second-order valence-corrected chi connectivity index (χ2v) is 6.40. The second-order valence-electron chi connectivity index (χ2n) is 6.40. The fourth-order valence-electron chi connectivity index (χ4n) is 2.81. The lowest BCUT2D eigenvalue weighted by atomic mass is 9.91. The zero-order valence-corrected chi connectivity index (χ0v) is 14.5. The molecule has 0 radical (unpaired) electrons. The molecule has 0 aliphatic carbocycles. The van der Waals surface area contributed by atoms with Gasteiger partial charge in [0.25, 0.3) is 0 Å². The molecule has 134 valence electrons. The summed E-state index contributed by atoms with van der Waals surface area (Å²) in [5.41, 5.74) is 2.70. The number of rotatable bonds is 8. The van der Waals surface area contributed by atoms with Gasteiger partial charge in [-0.05, 0) is 17.7 Å². The number of nitrogens with one attached hydrogen (secondary N) is 2. The van der Waals surface area contributed by atoms with Crippen LogP contribution in [0.2, 0.25) is 0 Å². The Kier molecular flexibility index (Phi) is 5.47. The highest BCUT2D eigenvalue weighted by Crippen LogP contribution is 2.23. The highest BCUT2D eigenvalue weighted by Gasteiger charge is 2.39. The van der Waals surface area contributed by atoms with Gasteiger partial charge in [0.05, 0.1) is 24.4 Å². The molecule has 0 unspecified atom stereocenters. The van der Waals surface area contributed by atoms with Gasteiger partial charge in [0, 0.05) is 38.8 Å². The number of methoxy groups -OCH3 is 1. The van der Waals surface area contributed by atoms with Crippen LogP contribution < -0.4 is 10.6 Å². The van der Waals surface area contributed by atoms with E-state index in [0.29, 0.717) is 26.4 Å². The summed E-state index contributed by atoms with van der Waals surface area (Å²) in [6, 6.07) is 9.72. The topological polar surface area (TPSA) is 85.6 Å². The molecule has 0 atom stereocenters. The number of hydrogen-bond donors (Lipinski definition) is 2. The largest absolute Gasteiger partial charge is 0.377 e. The van der Waals surface area contributed by atoms with Crippen molar-refractivity contribution in [3.8, 4) is 0 Å². The number of benzene rings is 1. The Balaban J connectivity index is 1.56. The maximum absolute atomic E-state index is 11.1. The van der Waals surface area contributed by atoms with Gasteiger partial charge in [0.2, 0.25) is 5.91 Å². The summed E-state index contributed by atoms with van der Waals surface area (Å²) in [7, 11) is 1.63. The molecule has 7 heteroatoms. The Bertz CT molecular complexity index is 707. The van der Waals surface area contributed by atoms with Crippen molar-refractivity contribution in [2.24, 2.45) is 0 Å². The number of amides is 1. The van der Waals surface area contributed by atoms with E-state index in [4.69, 9.17) is 14.0 Å². The zero-order chi connectivity index (χ0) is 17.7. The Morgan fingerprint density at radius 1 is 1.32 bits per heavy atom. The molecular formula is C18H23N3O4. The van der Waals surface area contributed by atoms with Gasteiger partial charge in [-0.25, -0.2) is 0 Å². The molecule has 0 spiro atoms. The van der Waals surface area contributed by atoms with Crippen LogP contribution in [-0.2, 0) is 33.8 Å². The van der Waals surface area contributed by atoms with Crippen LogP contribution in [0.25, 0.3) is 0 Å². The summed E-state index contributed by atoms with van der Waals surface area (Å²) in [4.78, 5) is 11.1. The van der Waals surface area contributed by atoms with E-state index in [1.165, 1.54) is 6.92 Å². The molecule has 2 N–H and O–H groups in total. The first-order chi connectivity index (χ1) is 12.1. The van der Waals surface area contributed by atoms with Crippen molar-refractivity contribution in [1.29, 1.82) is 0 Å². The van der Waals surface area contributed by atoms with Crippen molar-refractivity contribution in [3.63, 3.8) is 0 Å². The van der Waals surface area contributed by atoms with E-state index in [1.807, 2.05) is 30.3 Å². The van der Waals surface area contributed by atoms with Crippen molar-refractivity contribution in [1.82, 2.24) is 10.5 Å². The van der Waals surface area contributed by atoms with Crippen LogP contribution >= 0.6 is 0 Å². The van der Waals surface area contributed by atoms with Crippen LogP contribution in [0.3, 0.4) is 0 Å². The monoisotopic (exact) mass is 345 g/mol. The fraction of sp³-hybridized carbons (Fsp3) is 0.444. The second kappa shape index (κ2) is 7.77.